The molecule has 0 spiro atoms. The summed E-state index contributed by atoms with van der Waals surface area (Å²) in [6, 6.07) is 6.55. The molecular weight excluding hydrogens is 463 g/mol. The number of aromatic nitrogens is 3. The Morgan fingerprint density at radius 3 is 2.55 bits per heavy atom. The highest BCUT2D eigenvalue weighted by Gasteiger charge is 2.30. The molecule has 1 saturated carbocycles. The van der Waals surface area contributed by atoms with Crippen molar-refractivity contribution >= 4 is 27.5 Å². The third-order valence-corrected chi connectivity index (χ3v) is 9.49. The molecule has 1 aromatic carbocycles. The van der Waals surface area contributed by atoms with Crippen molar-refractivity contribution in [3.05, 3.63) is 41.5 Å². The molecule has 0 bridgehead atoms. The molecule has 1 saturated heterocycles. The van der Waals surface area contributed by atoms with Gasteiger partial charge in [-0.25, -0.2) is 12.8 Å². The molecule has 4 rings (SSSR count). The van der Waals surface area contributed by atoms with E-state index in [2.05, 4.69) is 10.2 Å². The molecule has 7 nitrogen and oxygen atoms in total. The molecule has 0 radical (unpaired) electrons. The fraction of sp³-hybridized carbons (Fsp3) is 0.609. The summed E-state index contributed by atoms with van der Waals surface area (Å²) in [5.41, 5.74) is 0.924. The summed E-state index contributed by atoms with van der Waals surface area (Å²) >= 11 is 1.36. The summed E-state index contributed by atoms with van der Waals surface area (Å²) in [6.07, 6.45) is 6.68. The van der Waals surface area contributed by atoms with Crippen LogP contribution in [0.4, 0.5) is 4.39 Å². The fourth-order valence-electron chi connectivity index (χ4n) is 4.75. The van der Waals surface area contributed by atoms with Gasteiger partial charge in [-0.05, 0) is 42.9 Å². The Balaban J connectivity index is 1.39. The Morgan fingerprint density at radius 1 is 1.15 bits per heavy atom. The first-order valence-electron chi connectivity index (χ1n) is 11.6. The van der Waals surface area contributed by atoms with E-state index in [0.29, 0.717) is 24.5 Å². The number of sulfone groups is 1. The van der Waals surface area contributed by atoms with Crippen molar-refractivity contribution < 1.29 is 17.6 Å². The van der Waals surface area contributed by atoms with Gasteiger partial charge in [0.25, 0.3) is 0 Å². The van der Waals surface area contributed by atoms with Crippen molar-refractivity contribution in [2.24, 2.45) is 13.0 Å². The molecule has 1 aliphatic carbocycles. The van der Waals surface area contributed by atoms with E-state index in [9.17, 15) is 17.6 Å². The number of amides is 1. The van der Waals surface area contributed by atoms with Gasteiger partial charge in [-0.15, -0.1) is 10.2 Å². The first-order chi connectivity index (χ1) is 15.8. The van der Waals surface area contributed by atoms with Crippen LogP contribution < -0.4 is 0 Å². The maximum absolute atomic E-state index is 13.3. The first kappa shape index (κ1) is 24.2. The van der Waals surface area contributed by atoms with E-state index >= 15 is 0 Å². The van der Waals surface area contributed by atoms with Crippen molar-refractivity contribution in [1.82, 2.24) is 19.7 Å². The van der Waals surface area contributed by atoms with E-state index in [-0.39, 0.29) is 40.9 Å². The number of hydrogen-bond acceptors (Lipinski definition) is 6. The number of nitrogens with zero attached hydrogens (tertiary/aromatic N) is 4. The van der Waals surface area contributed by atoms with Gasteiger partial charge in [0.15, 0.2) is 15.0 Å². The summed E-state index contributed by atoms with van der Waals surface area (Å²) in [4.78, 5) is 15.2. The van der Waals surface area contributed by atoms with Gasteiger partial charge in [0, 0.05) is 26.1 Å². The smallest absolute Gasteiger partial charge is 0.233 e. The van der Waals surface area contributed by atoms with Gasteiger partial charge in [0.05, 0.1) is 17.3 Å². The lowest BCUT2D eigenvalue weighted by molar-refractivity contribution is -0.132. The molecule has 0 N–H and O–H groups in total. The SMILES string of the molecule is Cn1c(C[C@H]2CCS(=O)(=O)C2)nnc1SCC(=O)N(Cc1ccc(F)cc1)C1CCCCC1. The van der Waals surface area contributed by atoms with E-state index < -0.39 is 9.84 Å². The van der Waals surface area contributed by atoms with Gasteiger partial charge in [0.1, 0.15) is 11.6 Å². The number of hydrogen-bond donors (Lipinski definition) is 0. The average Bonchev–Trinajstić information content (AvgIpc) is 3.33. The van der Waals surface area contributed by atoms with Gasteiger partial charge < -0.3 is 9.47 Å². The maximum atomic E-state index is 13.3. The van der Waals surface area contributed by atoms with Crippen LogP contribution in [0, 0.1) is 11.7 Å². The van der Waals surface area contributed by atoms with E-state index in [1.54, 1.807) is 12.1 Å². The highest BCUT2D eigenvalue weighted by molar-refractivity contribution is 7.99. The zero-order valence-corrected chi connectivity index (χ0v) is 20.6. The Bertz CT molecular complexity index is 1070. The van der Waals surface area contributed by atoms with Crippen LogP contribution in [0.2, 0.25) is 0 Å². The third kappa shape index (κ3) is 6.35. The van der Waals surface area contributed by atoms with Gasteiger partial charge in [0.2, 0.25) is 5.91 Å². The van der Waals surface area contributed by atoms with Gasteiger partial charge in [-0.2, -0.15) is 0 Å². The molecule has 180 valence electrons. The predicted molar refractivity (Wildman–Crippen MR) is 126 cm³/mol. The first-order valence-corrected chi connectivity index (χ1v) is 14.4. The Kier molecular flexibility index (Phi) is 7.73. The normalized spacial score (nSPS) is 20.7. The second kappa shape index (κ2) is 10.5. The quantitative estimate of drug-likeness (QED) is 0.523. The molecule has 33 heavy (non-hydrogen) atoms. The lowest BCUT2D eigenvalue weighted by Crippen LogP contribution is -2.42. The van der Waals surface area contributed by atoms with Gasteiger partial charge in [-0.1, -0.05) is 43.2 Å². The van der Waals surface area contributed by atoms with Crippen LogP contribution in [0.25, 0.3) is 0 Å². The minimum atomic E-state index is -2.93. The van der Waals surface area contributed by atoms with Crippen LogP contribution in [0.3, 0.4) is 0 Å². The minimum absolute atomic E-state index is 0.0441. The predicted octanol–water partition coefficient (Wildman–Crippen LogP) is 3.39. The molecule has 10 heteroatoms. The summed E-state index contributed by atoms with van der Waals surface area (Å²) < 4.78 is 38.7. The average molecular weight is 495 g/mol. The maximum Gasteiger partial charge on any atom is 0.233 e. The number of carbonyl (C=O) groups excluding carboxylic acids is 1. The second-order valence-electron chi connectivity index (χ2n) is 9.16. The Labute approximate surface area is 199 Å². The van der Waals surface area contributed by atoms with Crippen LogP contribution >= 0.6 is 11.8 Å². The highest BCUT2D eigenvalue weighted by Crippen LogP contribution is 2.27. The third-order valence-electron chi connectivity index (χ3n) is 6.65. The Morgan fingerprint density at radius 2 is 1.88 bits per heavy atom. The zero-order valence-electron chi connectivity index (χ0n) is 19.0. The molecule has 0 unspecified atom stereocenters. The van der Waals surface area contributed by atoms with E-state index in [4.69, 9.17) is 0 Å². The van der Waals surface area contributed by atoms with E-state index in [1.807, 2.05) is 16.5 Å². The van der Waals surface area contributed by atoms with Crippen molar-refractivity contribution in [3.63, 3.8) is 0 Å². The van der Waals surface area contributed by atoms with E-state index in [1.165, 1.54) is 30.3 Å². The van der Waals surface area contributed by atoms with Gasteiger partial charge >= 0.3 is 0 Å². The molecule has 2 fully saturated rings. The van der Waals surface area contributed by atoms with Crippen LogP contribution in [0.5, 0.6) is 0 Å². The topological polar surface area (TPSA) is 85.2 Å². The van der Waals surface area contributed by atoms with Crippen molar-refractivity contribution in [2.45, 2.75) is 62.7 Å². The lowest BCUT2D eigenvalue weighted by Gasteiger charge is -2.34. The molecule has 2 aromatic rings. The second-order valence-corrected chi connectivity index (χ2v) is 12.3. The molecule has 1 amide bonds. The lowest BCUT2D eigenvalue weighted by atomic mass is 9.94. The molecule has 1 atom stereocenters. The summed E-state index contributed by atoms with van der Waals surface area (Å²) in [5, 5.41) is 9.16. The Hall–Kier alpha value is -1.94. The molecule has 1 aliphatic heterocycles. The van der Waals surface area contributed by atoms with Crippen LogP contribution in [-0.2, 0) is 34.6 Å². The zero-order chi connectivity index (χ0) is 23.4. The summed E-state index contributed by atoms with van der Waals surface area (Å²) in [6.45, 7) is 0.477. The highest BCUT2D eigenvalue weighted by atomic mass is 32.2. The largest absolute Gasteiger partial charge is 0.335 e. The summed E-state index contributed by atoms with van der Waals surface area (Å²) in [5.74, 6) is 1.30. The summed E-state index contributed by atoms with van der Waals surface area (Å²) in [7, 11) is -1.06. The molecular formula is C23H31FN4O3S2. The molecule has 2 heterocycles. The van der Waals surface area contributed by atoms with Crippen molar-refractivity contribution in [2.75, 3.05) is 17.3 Å². The van der Waals surface area contributed by atoms with E-state index in [0.717, 1.165) is 37.1 Å². The van der Waals surface area contributed by atoms with Crippen LogP contribution in [0.1, 0.15) is 49.9 Å². The number of benzene rings is 1. The minimum Gasteiger partial charge on any atom is -0.335 e. The monoisotopic (exact) mass is 494 g/mol. The fourth-order valence-corrected chi connectivity index (χ4v) is 7.43. The molecule has 2 aliphatic rings. The van der Waals surface area contributed by atoms with Crippen molar-refractivity contribution in [3.8, 4) is 0 Å². The number of carbonyl (C=O) groups is 1. The number of thioether (sulfide) groups is 1. The standard InChI is InChI=1S/C23H31FN4O3S2/c1-27-21(13-18-11-12-33(30,31)16-18)25-26-23(27)32-15-22(29)28(20-5-3-2-4-6-20)14-17-7-9-19(24)10-8-17/h7-10,18,20H,2-6,11-16H2,1H3/t18-/m1/s1. The number of rotatable bonds is 8. The van der Waals surface area contributed by atoms with Gasteiger partial charge in [-0.3, -0.25) is 4.79 Å². The van der Waals surface area contributed by atoms with Crippen molar-refractivity contribution in [1.29, 1.82) is 0 Å². The van der Waals surface area contributed by atoms with Crippen LogP contribution in [0.15, 0.2) is 29.4 Å². The van der Waals surface area contributed by atoms with Crippen LogP contribution in [-0.4, -0.2) is 57.3 Å². The number of halogens is 1. The molecule has 1 aromatic heterocycles.